The second-order valence-corrected chi connectivity index (χ2v) is 9.84. The lowest BCUT2D eigenvalue weighted by atomic mass is 9.98. The van der Waals surface area contributed by atoms with E-state index in [0.717, 1.165) is 6.42 Å². The van der Waals surface area contributed by atoms with Gasteiger partial charge < -0.3 is 20.1 Å². The number of likely N-dealkylation sites (tertiary alicyclic amines) is 1. The van der Waals surface area contributed by atoms with Crippen LogP contribution in [0.25, 0.3) is 11.1 Å². The SMILES string of the molecule is CC(CNC(=O)OCC1c2ccccc2-c2ccccc21)CC(=O)N1CC[C@H]2C(C(=O)O)[C@H]2C1. The van der Waals surface area contributed by atoms with Crippen LogP contribution in [0.2, 0.25) is 0 Å². The van der Waals surface area contributed by atoms with Crippen molar-refractivity contribution in [2.45, 2.75) is 25.7 Å². The summed E-state index contributed by atoms with van der Waals surface area (Å²) in [6, 6.07) is 16.4. The summed E-state index contributed by atoms with van der Waals surface area (Å²) in [5.41, 5.74) is 4.70. The molecule has 4 atom stereocenters. The molecule has 2 N–H and O–H groups in total. The van der Waals surface area contributed by atoms with Crippen LogP contribution in [0.1, 0.15) is 36.8 Å². The molecule has 3 aliphatic rings. The number of aliphatic carboxylic acids is 1. The van der Waals surface area contributed by atoms with Gasteiger partial charge in [0.25, 0.3) is 0 Å². The van der Waals surface area contributed by atoms with E-state index < -0.39 is 12.1 Å². The van der Waals surface area contributed by atoms with E-state index in [4.69, 9.17) is 4.74 Å². The van der Waals surface area contributed by atoms with Crippen LogP contribution < -0.4 is 5.32 Å². The number of carbonyl (C=O) groups is 3. The number of rotatable bonds is 7. The Morgan fingerprint density at radius 1 is 1.06 bits per heavy atom. The smallest absolute Gasteiger partial charge is 0.407 e. The first-order valence-electron chi connectivity index (χ1n) is 12.0. The number of carboxylic acids is 1. The maximum absolute atomic E-state index is 12.7. The Morgan fingerprint density at radius 2 is 1.71 bits per heavy atom. The third-order valence-corrected chi connectivity index (χ3v) is 7.59. The highest BCUT2D eigenvalue weighted by molar-refractivity contribution is 5.79. The molecule has 2 aromatic rings. The van der Waals surface area contributed by atoms with Crippen molar-refractivity contribution in [3.8, 4) is 11.1 Å². The Hall–Kier alpha value is -3.35. The van der Waals surface area contributed by atoms with E-state index in [0.29, 0.717) is 26.1 Å². The lowest BCUT2D eigenvalue weighted by molar-refractivity contribution is -0.139. The lowest BCUT2D eigenvalue weighted by Crippen LogP contribution is -2.39. The first kappa shape index (κ1) is 22.4. The van der Waals surface area contributed by atoms with Crippen LogP contribution in [0.5, 0.6) is 0 Å². The molecule has 2 unspecified atom stereocenters. The summed E-state index contributed by atoms with van der Waals surface area (Å²) in [6.45, 7) is 3.68. The molecule has 34 heavy (non-hydrogen) atoms. The standard InChI is InChI=1S/C27H30N2O5/c1-16(12-24(30)29-11-10-21-22(14-29)25(21)26(31)32)13-28-27(33)34-15-23-19-8-4-2-6-17(19)18-7-3-5-9-20(18)23/h2-9,16,21-23,25H,10-15H2,1H3,(H,28,33)(H,31,32)/t16?,21-,22+,25?/m1/s1. The zero-order valence-corrected chi connectivity index (χ0v) is 19.3. The van der Waals surface area contributed by atoms with Crippen molar-refractivity contribution in [1.29, 1.82) is 0 Å². The van der Waals surface area contributed by atoms with Gasteiger partial charge >= 0.3 is 12.1 Å². The summed E-state index contributed by atoms with van der Waals surface area (Å²) in [7, 11) is 0. The molecule has 7 nitrogen and oxygen atoms in total. The summed E-state index contributed by atoms with van der Waals surface area (Å²) < 4.78 is 5.56. The van der Waals surface area contributed by atoms with E-state index in [2.05, 4.69) is 29.6 Å². The van der Waals surface area contributed by atoms with Crippen molar-refractivity contribution < 1.29 is 24.2 Å². The minimum Gasteiger partial charge on any atom is -0.481 e. The van der Waals surface area contributed by atoms with E-state index in [-0.39, 0.29) is 42.1 Å². The molecule has 0 spiro atoms. The predicted octanol–water partition coefficient (Wildman–Crippen LogP) is 3.73. The van der Waals surface area contributed by atoms with Crippen LogP contribution in [0.15, 0.2) is 48.5 Å². The molecule has 0 aromatic heterocycles. The van der Waals surface area contributed by atoms with Crippen molar-refractivity contribution in [3.63, 3.8) is 0 Å². The van der Waals surface area contributed by atoms with Gasteiger partial charge in [-0.2, -0.15) is 0 Å². The first-order chi connectivity index (χ1) is 16.4. The maximum atomic E-state index is 12.7. The van der Waals surface area contributed by atoms with E-state index >= 15 is 0 Å². The van der Waals surface area contributed by atoms with Crippen LogP contribution in [0, 0.1) is 23.7 Å². The summed E-state index contributed by atoms with van der Waals surface area (Å²) in [6.07, 6.45) is 0.600. The van der Waals surface area contributed by atoms with Gasteiger partial charge in [0.15, 0.2) is 0 Å². The number of nitrogens with one attached hydrogen (secondary N) is 1. The zero-order valence-electron chi connectivity index (χ0n) is 19.3. The van der Waals surface area contributed by atoms with Crippen molar-refractivity contribution in [2.24, 2.45) is 23.7 Å². The number of alkyl carbamates (subject to hydrolysis) is 1. The maximum Gasteiger partial charge on any atom is 0.407 e. The molecular weight excluding hydrogens is 432 g/mol. The van der Waals surface area contributed by atoms with Gasteiger partial charge in [0, 0.05) is 32.0 Å². The Balaban J connectivity index is 1.08. The van der Waals surface area contributed by atoms with Crippen molar-refractivity contribution in [3.05, 3.63) is 59.7 Å². The average molecular weight is 463 g/mol. The van der Waals surface area contributed by atoms with Gasteiger partial charge in [0.1, 0.15) is 6.61 Å². The third-order valence-electron chi connectivity index (χ3n) is 7.59. The number of carbonyl (C=O) groups excluding carboxylic acids is 2. The highest BCUT2D eigenvalue weighted by Gasteiger charge is 2.57. The van der Waals surface area contributed by atoms with Crippen LogP contribution in [0.4, 0.5) is 4.79 Å². The van der Waals surface area contributed by atoms with Gasteiger partial charge in [-0.25, -0.2) is 4.79 Å². The normalized spacial score (nSPS) is 23.3. The van der Waals surface area contributed by atoms with Gasteiger partial charge in [-0.05, 0) is 46.4 Å². The largest absolute Gasteiger partial charge is 0.481 e. The molecule has 1 aliphatic heterocycles. The Morgan fingerprint density at radius 3 is 2.35 bits per heavy atom. The fourth-order valence-electron chi connectivity index (χ4n) is 5.74. The summed E-state index contributed by atoms with van der Waals surface area (Å²) in [4.78, 5) is 38.1. The van der Waals surface area contributed by atoms with Crippen LogP contribution >= 0.6 is 0 Å². The molecule has 178 valence electrons. The number of carboxylic acid groups (broad SMARTS) is 1. The average Bonchev–Trinajstić information content (AvgIpc) is 3.49. The molecule has 5 rings (SSSR count). The fraction of sp³-hybridized carbons (Fsp3) is 0.444. The topological polar surface area (TPSA) is 95.9 Å². The minimum atomic E-state index is -0.745. The van der Waals surface area contributed by atoms with Crippen LogP contribution in [0.3, 0.4) is 0 Å². The quantitative estimate of drug-likeness (QED) is 0.654. The minimum absolute atomic E-state index is 0.0112. The number of hydrogen-bond acceptors (Lipinski definition) is 4. The highest BCUT2D eigenvalue weighted by Crippen LogP contribution is 2.51. The second-order valence-electron chi connectivity index (χ2n) is 9.84. The molecule has 2 amide bonds. The van der Waals surface area contributed by atoms with Crippen LogP contribution in [-0.4, -0.2) is 54.2 Å². The Kier molecular flexibility index (Phi) is 6.02. The molecule has 0 radical (unpaired) electrons. The molecule has 1 heterocycles. The van der Waals surface area contributed by atoms with Gasteiger partial charge in [0.05, 0.1) is 5.92 Å². The molecule has 7 heteroatoms. The number of ether oxygens (including phenoxy) is 1. The van der Waals surface area contributed by atoms with Crippen LogP contribution in [-0.2, 0) is 14.3 Å². The van der Waals surface area contributed by atoms with Gasteiger partial charge in [0.2, 0.25) is 5.91 Å². The zero-order chi connectivity index (χ0) is 23.8. The van der Waals surface area contributed by atoms with E-state index in [9.17, 15) is 19.5 Å². The third kappa shape index (κ3) is 4.27. The lowest BCUT2D eigenvalue weighted by Gasteiger charge is -2.27. The van der Waals surface area contributed by atoms with E-state index in [1.807, 2.05) is 31.2 Å². The molecule has 1 saturated heterocycles. The van der Waals surface area contributed by atoms with Gasteiger partial charge in [-0.3, -0.25) is 9.59 Å². The number of benzene rings is 2. The van der Waals surface area contributed by atoms with E-state index in [1.54, 1.807) is 4.90 Å². The number of nitrogens with zero attached hydrogens (tertiary/aromatic N) is 1. The monoisotopic (exact) mass is 462 g/mol. The summed E-state index contributed by atoms with van der Waals surface area (Å²) >= 11 is 0. The van der Waals surface area contributed by atoms with E-state index in [1.165, 1.54) is 22.3 Å². The van der Waals surface area contributed by atoms with Crippen molar-refractivity contribution in [1.82, 2.24) is 10.2 Å². The number of fused-ring (bicyclic) bond motifs is 4. The molecule has 1 saturated carbocycles. The molecule has 2 fully saturated rings. The van der Waals surface area contributed by atoms with Crippen molar-refractivity contribution >= 4 is 18.0 Å². The first-order valence-corrected chi connectivity index (χ1v) is 12.0. The Labute approximate surface area is 199 Å². The molecule has 2 aromatic carbocycles. The summed E-state index contributed by atoms with van der Waals surface area (Å²) in [5.74, 6) is -0.706. The number of hydrogen-bond donors (Lipinski definition) is 2. The molecule has 0 bridgehead atoms. The molecule has 2 aliphatic carbocycles. The second kappa shape index (κ2) is 9.12. The Bertz CT molecular complexity index is 1070. The molecular formula is C27H30N2O5. The summed E-state index contributed by atoms with van der Waals surface area (Å²) in [5, 5.41) is 12.0. The van der Waals surface area contributed by atoms with Crippen molar-refractivity contribution in [2.75, 3.05) is 26.2 Å². The van der Waals surface area contributed by atoms with Gasteiger partial charge in [-0.15, -0.1) is 0 Å². The number of amides is 2. The van der Waals surface area contributed by atoms with Gasteiger partial charge in [-0.1, -0.05) is 55.5 Å². The number of piperidine rings is 1. The highest BCUT2D eigenvalue weighted by atomic mass is 16.5. The fourth-order valence-corrected chi connectivity index (χ4v) is 5.74. The predicted molar refractivity (Wildman–Crippen MR) is 126 cm³/mol.